The maximum absolute atomic E-state index is 13.4. The summed E-state index contributed by atoms with van der Waals surface area (Å²) in [4.78, 5) is 11.8. The Morgan fingerprint density at radius 1 is 0.958 bits per heavy atom. The SMILES string of the molecule is COc1ccccc1CC(=O)NNc1c(F)c(F)c(F)c(F)c1F. The standard InChI is InChI=1S/C15H11F5N2O2/c1-24-8-5-3-2-4-7(8)6-9(23)21-22-15-13(19)11(17)10(16)12(18)14(15)20/h2-5,22H,6H2,1H3,(H,21,23). The highest BCUT2D eigenvalue weighted by atomic mass is 19.2. The van der Waals surface area contributed by atoms with Crippen molar-refractivity contribution in [2.75, 3.05) is 12.5 Å². The number of benzene rings is 2. The van der Waals surface area contributed by atoms with Crippen LogP contribution in [0.4, 0.5) is 27.6 Å². The lowest BCUT2D eigenvalue weighted by molar-refractivity contribution is -0.120. The Labute approximate surface area is 133 Å². The van der Waals surface area contributed by atoms with Crippen LogP contribution in [0.5, 0.6) is 5.75 Å². The molecule has 0 bridgehead atoms. The predicted octanol–water partition coefficient (Wildman–Crippen LogP) is 3.08. The molecule has 9 heteroatoms. The van der Waals surface area contributed by atoms with Gasteiger partial charge in [-0.3, -0.25) is 15.6 Å². The molecule has 24 heavy (non-hydrogen) atoms. The molecule has 0 heterocycles. The molecular weight excluding hydrogens is 335 g/mol. The Hall–Kier alpha value is -2.84. The molecule has 1 amide bonds. The minimum atomic E-state index is -2.28. The number of hydrogen-bond donors (Lipinski definition) is 2. The number of rotatable bonds is 5. The second-order valence-corrected chi connectivity index (χ2v) is 4.61. The summed E-state index contributed by atoms with van der Waals surface area (Å²) in [5, 5.41) is 0. The fraction of sp³-hybridized carbons (Fsp3) is 0.133. The molecule has 2 aromatic rings. The van der Waals surface area contributed by atoms with Crippen molar-refractivity contribution in [1.29, 1.82) is 0 Å². The van der Waals surface area contributed by atoms with Crippen molar-refractivity contribution in [3.63, 3.8) is 0 Å². The van der Waals surface area contributed by atoms with E-state index in [-0.39, 0.29) is 6.42 Å². The molecule has 0 atom stereocenters. The largest absolute Gasteiger partial charge is 0.496 e. The molecule has 2 rings (SSSR count). The highest BCUT2D eigenvalue weighted by Crippen LogP contribution is 2.26. The normalized spacial score (nSPS) is 10.4. The molecule has 0 aromatic heterocycles. The molecule has 128 valence electrons. The first kappa shape index (κ1) is 17.5. The van der Waals surface area contributed by atoms with Crippen molar-refractivity contribution in [1.82, 2.24) is 5.43 Å². The summed E-state index contributed by atoms with van der Waals surface area (Å²) in [5.41, 5.74) is 2.71. The molecule has 0 radical (unpaired) electrons. The third-order valence-electron chi connectivity index (χ3n) is 3.08. The van der Waals surface area contributed by atoms with Gasteiger partial charge in [0.1, 0.15) is 11.4 Å². The lowest BCUT2D eigenvalue weighted by Gasteiger charge is -2.12. The summed E-state index contributed by atoms with van der Waals surface area (Å²) in [6.07, 6.45) is -0.244. The maximum Gasteiger partial charge on any atom is 0.242 e. The summed E-state index contributed by atoms with van der Waals surface area (Å²) in [6.45, 7) is 0. The Kier molecular flexibility index (Phi) is 5.22. The van der Waals surface area contributed by atoms with Crippen LogP contribution in [0.15, 0.2) is 24.3 Å². The van der Waals surface area contributed by atoms with E-state index >= 15 is 0 Å². The smallest absolute Gasteiger partial charge is 0.242 e. The van der Waals surface area contributed by atoms with Gasteiger partial charge in [-0.2, -0.15) is 0 Å². The molecule has 0 aliphatic rings. The minimum Gasteiger partial charge on any atom is -0.496 e. The lowest BCUT2D eigenvalue weighted by atomic mass is 10.1. The van der Waals surface area contributed by atoms with Crippen molar-refractivity contribution >= 4 is 11.6 Å². The number of nitrogens with one attached hydrogen (secondary N) is 2. The second-order valence-electron chi connectivity index (χ2n) is 4.61. The molecular formula is C15H11F5N2O2. The van der Waals surface area contributed by atoms with E-state index in [4.69, 9.17) is 4.74 Å². The average molecular weight is 346 g/mol. The number of para-hydroxylation sites is 1. The fourth-order valence-electron chi connectivity index (χ4n) is 1.91. The second kappa shape index (κ2) is 7.16. The van der Waals surface area contributed by atoms with Crippen molar-refractivity contribution in [2.45, 2.75) is 6.42 Å². The van der Waals surface area contributed by atoms with Crippen LogP contribution in [0.1, 0.15) is 5.56 Å². The van der Waals surface area contributed by atoms with E-state index in [9.17, 15) is 26.7 Å². The number of carbonyl (C=O) groups excluding carboxylic acids is 1. The average Bonchev–Trinajstić information content (AvgIpc) is 2.58. The monoisotopic (exact) mass is 346 g/mol. The zero-order chi connectivity index (χ0) is 17.9. The molecule has 0 unspecified atom stereocenters. The van der Waals surface area contributed by atoms with Crippen LogP contribution in [0.2, 0.25) is 0 Å². The molecule has 0 saturated carbocycles. The third kappa shape index (κ3) is 3.39. The van der Waals surface area contributed by atoms with Crippen LogP contribution in [-0.2, 0) is 11.2 Å². The Balaban J connectivity index is 2.13. The van der Waals surface area contributed by atoms with Crippen LogP contribution < -0.4 is 15.6 Å². The molecule has 0 aliphatic heterocycles. The van der Waals surface area contributed by atoms with E-state index < -0.39 is 40.7 Å². The summed E-state index contributed by atoms with van der Waals surface area (Å²) in [5.74, 6) is -11.0. The van der Waals surface area contributed by atoms with Crippen LogP contribution in [0.25, 0.3) is 0 Å². The Morgan fingerprint density at radius 3 is 2.08 bits per heavy atom. The highest BCUT2D eigenvalue weighted by molar-refractivity contribution is 5.80. The van der Waals surface area contributed by atoms with E-state index in [1.807, 2.05) is 5.43 Å². The van der Waals surface area contributed by atoms with Crippen LogP contribution in [-0.4, -0.2) is 13.0 Å². The van der Waals surface area contributed by atoms with Gasteiger partial charge in [-0.1, -0.05) is 18.2 Å². The van der Waals surface area contributed by atoms with Crippen LogP contribution in [0, 0.1) is 29.1 Å². The van der Waals surface area contributed by atoms with Crippen molar-refractivity contribution in [3.8, 4) is 5.75 Å². The van der Waals surface area contributed by atoms with Gasteiger partial charge in [0, 0.05) is 5.56 Å². The first-order valence-corrected chi connectivity index (χ1v) is 6.55. The first-order valence-electron chi connectivity index (χ1n) is 6.55. The van der Waals surface area contributed by atoms with Crippen molar-refractivity contribution in [2.24, 2.45) is 0 Å². The zero-order valence-electron chi connectivity index (χ0n) is 12.2. The summed E-state index contributed by atoms with van der Waals surface area (Å²) < 4.78 is 70.9. The number of halogens is 5. The third-order valence-corrected chi connectivity index (χ3v) is 3.08. The van der Waals surface area contributed by atoms with Crippen molar-refractivity contribution < 1.29 is 31.5 Å². The first-order chi connectivity index (χ1) is 11.4. The Bertz CT molecular complexity index is 754. The number of hydrazine groups is 1. The molecule has 2 aromatic carbocycles. The van der Waals surface area contributed by atoms with Gasteiger partial charge in [0.2, 0.25) is 11.7 Å². The van der Waals surface area contributed by atoms with Gasteiger partial charge >= 0.3 is 0 Å². The van der Waals surface area contributed by atoms with Gasteiger partial charge < -0.3 is 4.74 Å². The molecule has 0 aliphatic carbocycles. The van der Waals surface area contributed by atoms with E-state index in [1.165, 1.54) is 7.11 Å². The quantitative estimate of drug-likeness (QED) is 0.379. The van der Waals surface area contributed by atoms with E-state index in [1.54, 1.807) is 29.7 Å². The molecule has 0 fully saturated rings. The van der Waals surface area contributed by atoms with Gasteiger partial charge in [0.05, 0.1) is 13.5 Å². The number of methoxy groups -OCH3 is 1. The number of hydrogen-bond acceptors (Lipinski definition) is 3. The number of carbonyl (C=O) groups is 1. The number of ether oxygens (including phenoxy) is 1. The Morgan fingerprint density at radius 2 is 1.50 bits per heavy atom. The van der Waals surface area contributed by atoms with E-state index in [0.717, 1.165) is 0 Å². The van der Waals surface area contributed by atoms with Gasteiger partial charge in [-0.25, -0.2) is 22.0 Å². The highest BCUT2D eigenvalue weighted by Gasteiger charge is 2.26. The fourth-order valence-corrected chi connectivity index (χ4v) is 1.91. The number of anilines is 1. The summed E-state index contributed by atoms with van der Waals surface area (Å²) in [6, 6.07) is 6.49. The van der Waals surface area contributed by atoms with Gasteiger partial charge in [-0.15, -0.1) is 0 Å². The van der Waals surface area contributed by atoms with Crippen molar-refractivity contribution in [3.05, 3.63) is 58.9 Å². The minimum absolute atomic E-state index is 0.244. The van der Waals surface area contributed by atoms with E-state index in [0.29, 0.717) is 11.3 Å². The van der Waals surface area contributed by atoms with E-state index in [2.05, 4.69) is 0 Å². The number of amides is 1. The summed E-state index contributed by atoms with van der Waals surface area (Å²) >= 11 is 0. The lowest BCUT2D eigenvalue weighted by Crippen LogP contribution is -2.32. The van der Waals surface area contributed by atoms with Crippen LogP contribution in [0.3, 0.4) is 0 Å². The van der Waals surface area contributed by atoms with Crippen LogP contribution >= 0.6 is 0 Å². The zero-order valence-corrected chi connectivity index (χ0v) is 12.2. The van der Waals surface area contributed by atoms with Gasteiger partial charge in [0.25, 0.3) is 0 Å². The molecule has 0 spiro atoms. The predicted molar refractivity (Wildman–Crippen MR) is 74.7 cm³/mol. The summed E-state index contributed by atoms with van der Waals surface area (Å²) in [7, 11) is 1.39. The molecule has 4 nitrogen and oxygen atoms in total. The molecule has 0 saturated heterocycles. The molecule has 2 N–H and O–H groups in total. The van der Waals surface area contributed by atoms with Gasteiger partial charge in [0.15, 0.2) is 23.3 Å². The van der Waals surface area contributed by atoms with Gasteiger partial charge in [-0.05, 0) is 6.07 Å². The maximum atomic E-state index is 13.4. The topological polar surface area (TPSA) is 50.4 Å².